The Morgan fingerprint density at radius 2 is 1.91 bits per heavy atom. The zero-order chi connectivity index (χ0) is 16.7. The molecule has 1 N–H and O–H groups in total. The second-order valence-electron chi connectivity index (χ2n) is 5.13. The van der Waals surface area contributed by atoms with E-state index in [4.69, 9.17) is 0 Å². The van der Waals surface area contributed by atoms with Crippen molar-refractivity contribution in [2.24, 2.45) is 0 Å². The minimum Gasteiger partial charge on any atom is -0.276 e. The summed E-state index contributed by atoms with van der Waals surface area (Å²) in [7, 11) is -4.09. The summed E-state index contributed by atoms with van der Waals surface area (Å²) in [6, 6.07) is 0.655. The Labute approximate surface area is 127 Å². The first-order valence-corrected chi connectivity index (χ1v) is 8.01. The van der Waals surface area contributed by atoms with Gasteiger partial charge in [0.25, 0.3) is 10.0 Å². The van der Waals surface area contributed by atoms with E-state index in [2.05, 4.69) is 10.1 Å². The van der Waals surface area contributed by atoms with Crippen LogP contribution in [0.3, 0.4) is 0 Å². The third kappa shape index (κ3) is 2.94. The van der Waals surface area contributed by atoms with E-state index in [0.29, 0.717) is 18.0 Å². The second kappa shape index (κ2) is 5.64. The zero-order valence-electron chi connectivity index (χ0n) is 12.6. The molecule has 0 aliphatic carbocycles. The fourth-order valence-electron chi connectivity index (χ4n) is 2.23. The first kappa shape index (κ1) is 16.3. The van der Waals surface area contributed by atoms with Crippen LogP contribution in [0.25, 0.3) is 0 Å². The lowest BCUT2D eigenvalue weighted by molar-refractivity contribution is 0.514. The van der Waals surface area contributed by atoms with Gasteiger partial charge < -0.3 is 0 Å². The number of hydrogen-bond donors (Lipinski definition) is 1. The molecule has 9 heteroatoms. The number of rotatable bonds is 4. The molecule has 2 rings (SSSR count). The predicted octanol–water partition coefficient (Wildman–Crippen LogP) is 2.55. The molecule has 2 heterocycles. The number of aryl methyl sites for hydroxylation is 1. The lowest BCUT2D eigenvalue weighted by atomic mass is 10.3. The molecule has 2 aromatic rings. The van der Waals surface area contributed by atoms with E-state index in [-0.39, 0.29) is 16.6 Å². The van der Waals surface area contributed by atoms with Crippen molar-refractivity contribution in [1.82, 2.24) is 14.8 Å². The summed E-state index contributed by atoms with van der Waals surface area (Å²) in [5, 5.41) is 4.17. The zero-order valence-corrected chi connectivity index (χ0v) is 13.4. The van der Waals surface area contributed by atoms with Crippen molar-refractivity contribution in [2.75, 3.05) is 4.72 Å². The summed E-state index contributed by atoms with van der Waals surface area (Å²) in [4.78, 5) is 3.07. The number of nitrogens with zero attached hydrogens (tertiary/aromatic N) is 3. The third-order valence-electron chi connectivity index (χ3n) is 3.08. The molecule has 120 valence electrons. The van der Waals surface area contributed by atoms with Crippen LogP contribution in [-0.2, 0) is 10.0 Å². The van der Waals surface area contributed by atoms with Crippen LogP contribution in [0.2, 0.25) is 0 Å². The molecule has 0 saturated carbocycles. The maximum absolute atomic E-state index is 13.6. The van der Waals surface area contributed by atoms with Gasteiger partial charge >= 0.3 is 0 Å². The van der Waals surface area contributed by atoms with Gasteiger partial charge in [-0.2, -0.15) is 9.49 Å². The Hall–Kier alpha value is -2.03. The number of pyridine rings is 1. The molecule has 0 aliphatic heterocycles. The summed E-state index contributed by atoms with van der Waals surface area (Å²) in [5.74, 6) is -1.94. The summed E-state index contributed by atoms with van der Waals surface area (Å²) in [5.41, 5.74) is 0.215. The van der Waals surface area contributed by atoms with Crippen molar-refractivity contribution in [3.63, 3.8) is 0 Å². The average Bonchev–Trinajstić information content (AvgIpc) is 2.69. The Morgan fingerprint density at radius 1 is 1.27 bits per heavy atom. The molecule has 0 radical (unpaired) electrons. The Balaban J connectivity index is 2.50. The van der Waals surface area contributed by atoms with Gasteiger partial charge in [0.15, 0.2) is 5.82 Å². The molecule has 2 aromatic heterocycles. The minimum atomic E-state index is -4.09. The van der Waals surface area contributed by atoms with E-state index >= 15 is 0 Å². The molecular formula is C13H16F2N4O2S. The topological polar surface area (TPSA) is 76.9 Å². The van der Waals surface area contributed by atoms with E-state index < -0.39 is 27.5 Å². The fraction of sp³-hybridized carbons (Fsp3) is 0.385. The highest BCUT2D eigenvalue weighted by molar-refractivity contribution is 7.92. The van der Waals surface area contributed by atoms with Crippen LogP contribution in [0.5, 0.6) is 0 Å². The van der Waals surface area contributed by atoms with Gasteiger partial charge in [0.2, 0.25) is 5.95 Å². The highest BCUT2D eigenvalue weighted by Crippen LogP contribution is 2.25. The maximum Gasteiger partial charge on any atom is 0.265 e. The van der Waals surface area contributed by atoms with Gasteiger partial charge in [0.05, 0.1) is 23.3 Å². The highest BCUT2D eigenvalue weighted by Gasteiger charge is 2.26. The van der Waals surface area contributed by atoms with Crippen molar-refractivity contribution in [1.29, 1.82) is 0 Å². The molecule has 0 spiro atoms. The predicted molar refractivity (Wildman–Crippen MR) is 77.0 cm³/mol. The highest BCUT2D eigenvalue weighted by atomic mass is 32.2. The standard InChI is InChI=1S/C13H16F2N4O2S/c1-7(2)19-9(4)13(8(3)17-19)22(20,21)18-11-5-12(15)16-6-10(11)14/h5-7H,1-4H3,(H,16,18). The number of sulfonamides is 1. The molecule has 0 saturated heterocycles. The summed E-state index contributed by atoms with van der Waals surface area (Å²) >= 11 is 0. The van der Waals surface area contributed by atoms with Gasteiger partial charge in [-0.25, -0.2) is 17.8 Å². The van der Waals surface area contributed by atoms with Gasteiger partial charge in [-0.05, 0) is 27.7 Å². The summed E-state index contributed by atoms with van der Waals surface area (Å²) in [6.07, 6.45) is 0.616. The van der Waals surface area contributed by atoms with Gasteiger partial charge in [-0.3, -0.25) is 9.40 Å². The van der Waals surface area contributed by atoms with Crippen molar-refractivity contribution in [3.05, 3.63) is 35.4 Å². The number of aromatic nitrogens is 3. The smallest absolute Gasteiger partial charge is 0.265 e. The van der Waals surface area contributed by atoms with Gasteiger partial charge in [0.1, 0.15) is 4.90 Å². The normalized spacial score (nSPS) is 12.0. The average molecular weight is 330 g/mol. The number of hydrogen-bond acceptors (Lipinski definition) is 4. The van der Waals surface area contributed by atoms with Crippen molar-refractivity contribution in [2.45, 2.75) is 38.6 Å². The molecule has 0 fully saturated rings. The van der Waals surface area contributed by atoms with Crippen LogP contribution in [0.15, 0.2) is 17.2 Å². The Morgan fingerprint density at radius 3 is 2.45 bits per heavy atom. The number of halogens is 2. The Kier molecular flexibility index (Phi) is 4.19. The molecule has 22 heavy (non-hydrogen) atoms. The molecule has 6 nitrogen and oxygen atoms in total. The van der Waals surface area contributed by atoms with Crippen molar-refractivity contribution >= 4 is 15.7 Å². The molecular weight excluding hydrogens is 314 g/mol. The Bertz CT molecular complexity index is 816. The SMILES string of the molecule is Cc1nn(C(C)C)c(C)c1S(=O)(=O)Nc1cc(F)ncc1F. The van der Waals surface area contributed by atoms with E-state index in [1.807, 2.05) is 18.6 Å². The summed E-state index contributed by atoms with van der Waals surface area (Å²) in [6.45, 7) is 6.88. The van der Waals surface area contributed by atoms with Crippen molar-refractivity contribution < 1.29 is 17.2 Å². The molecule has 0 aromatic carbocycles. The molecule has 0 unspecified atom stereocenters. The third-order valence-corrected chi connectivity index (χ3v) is 4.70. The van der Waals surface area contributed by atoms with E-state index in [1.54, 1.807) is 18.5 Å². The largest absolute Gasteiger partial charge is 0.276 e. The fourth-order valence-corrected chi connectivity index (χ4v) is 3.69. The van der Waals surface area contributed by atoms with Gasteiger partial charge in [-0.1, -0.05) is 0 Å². The first-order valence-electron chi connectivity index (χ1n) is 6.53. The van der Waals surface area contributed by atoms with Crippen LogP contribution >= 0.6 is 0 Å². The monoisotopic (exact) mass is 330 g/mol. The number of nitrogens with one attached hydrogen (secondary N) is 1. The quantitative estimate of drug-likeness (QED) is 0.874. The molecule has 0 amide bonds. The second-order valence-corrected chi connectivity index (χ2v) is 6.75. The van der Waals surface area contributed by atoms with E-state index in [0.717, 1.165) is 0 Å². The summed E-state index contributed by atoms with van der Waals surface area (Å²) < 4.78 is 55.2. The first-order chi connectivity index (χ1) is 10.1. The van der Waals surface area contributed by atoms with Gasteiger partial charge in [0, 0.05) is 12.1 Å². The van der Waals surface area contributed by atoms with Crippen molar-refractivity contribution in [3.8, 4) is 0 Å². The molecule has 0 aliphatic rings. The van der Waals surface area contributed by atoms with Crippen LogP contribution in [0.1, 0.15) is 31.3 Å². The number of anilines is 1. The lowest BCUT2D eigenvalue weighted by Crippen LogP contribution is -2.16. The van der Waals surface area contributed by atoms with E-state index in [9.17, 15) is 17.2 Å². The van der Waals surface area contributed by atoms with E-state index in [1.165, 1.54) is 0 Å². The minimum absolute atomic E-state index is 0.0299. The molecule has 0 atom stereocenters. The van der Waals surface area contributed by atoms with Crippen LogP contribution in [0, 0.1) is 25.6 Å². The maximum atomic E-state index is 13.6. The van der Waals surface area contributed by atoms with Gasteiger partial charge in [-0.15, -0.1) is 0 Å². The van der Waals surface area contributed by atoms with Crippen LogP contribution < -0.4 is 4.72 Å². The van der Waals surface area contributed by atoms with Crippen LogP contribution in [0.4, 0.5) is 14.5 Å². The van der Waals surface area contributed by atoms with Crippen LogP contribution in [-0.4, -0.2) is 23.2 Å². The lowest BCUT2D eigenvalue weighted by Gasteiger charge is -2.11. The molecule has 0 bridgehead atoms.